The van der Waals surface area contributed by atoms with E-state index in [0.717, 1.165) is 36.1 Å². The van der Waals surface area contributed by atoms with Crippen molar-refractivity contribution in [2.75, 3.05) is 0 Å². The Kier molecular flexibility index (Phi) is 6.07. The van der Waals surface area contributed by atoms with Gasteiger partial charge >= 0.3 is 5.97 Å². The van der Waals surface area contributed by atoms with Gasteiger partial charge in [0, 0.05) is 12.5 Å². The van der Waals surface area contributed by atoms with Gasteiger partial charge in [0.05, 0.1) is 18.7 Å². The second-order valence-electron chi connectivity index (χ2n) is 8.58. The average molecular weight is 383 g/mol. The highest BCUT2D eigenvalue weighted by atomic mass is 16.5. The predicted molar refractivity (Wildman–Crippen MR) is 108 cm³/mol. The number of hydrogen-bond acceptors (Lipinski definition) is 3. The maximum atomic E-state index is 12.9. The van der Waals surface area contributed by atoms with Crippen molar-refractivity contribution in [3.8, 4) is 6.07 Å². The standard InChI is InChI=1S/C23H32N3O2/c1-6-22-25(5)19-10-8-17(13-24)12-20(19)26(22)14-23(27)28-21-11-16(4)7-9-18(21)15(2)3/h8,10,12,15-16,18,21H,6-7,9,11,14H2,1-5H3/q+1/t16-,18+,21-/m1/s1. The molecule has 28 heavy (non-hydrogen) atoms. The Balaban J connectivity index is 1.87. The zero-order valence-corrected chi connectivity index (χ0v) is 17.7. The summed E-state index contributed by atoms with van der Waals surface area (Å²) in [5, 5.41) is 9.27. The number of esters is 1. The molecule has 0 saturated heterocycles. The third-order valence-electron chi connectivity index (χ3n) is 6.30. The number of hydrogen-bond donors (Lipinski definition) is 0. The molecule has 0 unspecified atom stereocenters. The number of carbonyl (C=O) groups is 1. The van der Waals surface area contributed by atoms with E-state index in [1.54, 1.807) is 0 Å². The Bertz CT molecular complexity index is 907. The second kappa shape index (κ2) is 8.34. The Hall–Kier alpha value is -2.35. The smallest absolute Gasteiger partial charge is 0.348 e. The second-order valence-corrected chi connectivity index (χ2v) is 8.58. The molecule has 1 aromatic carbocycles. The van der Waals surface area contributed by atoms with Crippen molar-refractivity contribution in [2.24, 2.45) is 24.8 Å². The highest BCUT2D eigenvalue weighted by molar-refractivity contribution is 5.77. The van der Waals surface area contributed by atoms with Crippen molar-refractivity contribution in [1.29, 1.82) is 5.26 Å². The molecule has 0 radical (unpaired) electrons. The lowest BCUT2D eigenvalue weighted by Crippen LogP contribution is -2.37. The molecule has 5 nitrogen and oxygen atoms in total. The van der Waals surface area contributed by atoms with E-state index in [-0.39, 0.29) is 18.6 Å². The summed E-state index contributed by atoms with van der Waals surface area (Å²) in [5.41, 5.74) is 2.53. The normalized spacial score (nSPS) is 22.4. The maximum Gasteiger partial charge on any atom is 0.348 e. The molecule has 0 N–H and O–H groups in total. The molecular weight excluding hydrogens is 350 g/mol. The van der Waals surface area contributed by atoms with E-state index >= 15 is 0 Å². The number of carbonyl (C=O) groups excluding carboxylic acids is 1. The van der Waals surface area contributed by atoms with Gasteiger partial charge < -0.3 is 4.74 Å². The fraction of sp³-hybridized carbons (Fsp3) is 0.609. The van der Waals surface area contributed by atoms with Crippen LogP contribution in [0.2, 0.25) is 0 Å². The van der Waals surface area contributed by atoms with Crippen molar-refractivity contribution in [1.82, 2.24) is 4.57 Å². The summed E-state index contributed by atoms with van der Waals surface area (Å²) in [6, 6.07) is 7.83. The zero-order chi connectivity index (χ0) is 20.4. The fourth-order valence-electron chi connectivity index (χ4n) is 4.74. The first-order valence-corrected chi connectivity index (χ1v) is 10.5. The average Bonchev–Trinajstić information content (AvgIpc) is 2.92. The number of aromatic nitrogens is 2. The van der Waals surface area contributed by atoms with E-state index in [4.69, 9.17) is 4.74 Å². The number of nitriles is 1. The van der Waals surface area contributed by atoms with E-state index in [9.17, 15) is 10.1 Å². The van der Waals surface area contributed by atoms with Crippen LogP contribution < -0.4 is 4.57 Å². The van der Waals surface area contributed by atoms with Crippen molar-refractivity contribution < 1.29 is 14.1 Å². The molecule has 0 aliphatic heterocycles. The molecule has 1 saturated carbocycles. The first-order chi connectivity index (χ1) is 13.3. The summed E-state index contributed by atoms with van der Waals surface area (Å²) in [6.45, 7) is 8.96. The Morgan fingerprint density at radius 2 is 2.14 bits per heavy atom. The first kappa shape index (κ1) is 20.4. The zero-order valence-electron chi connectivity index (χ0n) is 17.7. The summed E-state index contributed by atoms with van der Waals surface area (Å²) in [5.74, 6) is 2.43. The minimum Gasteiger partial charge on any atom is -0.459 e. The van der Waals surface area contributed by atoms with Crippen LogP contribution in [0.5, 0.6) is 0 Å². The molecule has 3 rings (SSSR count). The molecule has 150 valence electrons. The van der Waals surface area contributed by atoms with Crippen LogP contribution in [0.3, 0.4) is 0 Å². The molecule has 3 atom stereocenters. The van der Waals surface area contributed by atoms with Gasteiger partial charge in [0.15, 0.2) is 17.6 Å². The first-order valence-electron chi connectivity index (χ1n) is 10.5. The predicted octanol–water partition coefficient (Wildman–Crippen LogP) is 3.90. The minimum atomic E-state index is -0.181. The van der Waals surface area contributed by atoms with E-state index in [1.807, 2.05) is 29.8 Å². The number of aryl methyl sites for hydroxylation is 1. The largest absolute Gasteiger partial charge is 0.459 e. The van der Waals surface area contributed by atoms with Crippen LogP contribution in [-0.2, 0) is 29.5 Å². The molecule has 1 aliphatic rings. The van der Waals surface area contributed by atoms with E-state index in [1.165, 1.54) is 6.42 Å². The number of benzene rings is 1. The monoisotopic (exact) mass is 382 g/mol. The van der Waals surface area contributed by atoms with Gasteiger partial charge in [-0.2, -0.15) is 5.26 Å². The SMILES string of the molecule is CCc1n(CC(=O)O[C@@H]2C[C@H](C)CC[C@H]2C(C)C)c2cc(C#N)ccc2[n+]1C. The molecule has 5 heteroatoms. The lowest BCUT2D eigenvalue weighted by molar-refractivity contribution is -0.653. The number of imidazole rings is 1. The molecule has 0 bridgehead atoms. The Morgan fingerprint density at radius 3 is 2.79 bits per heavy atom. The van der Waals surface area contributed by atoms with Crippen LogP contribution in [0.15, 0.2) is 18.2 Å². The van der Waals surface area contributed by atoms with Crippen molar-refractivity contribution in [2.45, 2.75) is 66.0 Å². The molecule has 1 heterocycles. The van der Waals surface area contributed by atoms with Gasteiger partial charge in [-0.1, -0.05) is 34.1 Å². The van der Waals surface area contributed by atoms with Gasteiger partial charge in [-0.05, 0) is 42.7 Å². The van der Waals surface area contributed by atoms with E-state index < -0.39 is 0 Å². The van der Waals surface area contributed by atoms with Gasteiger partial charge in [0.1, 0.15) is 6.10 Å². The van der Waals surface area contributed by atoms with Gasteiger partial charge in [0.2, 0.25) is 0 Å². The van der Waals surface area contributed by atoms with E-state index in [2.05, 4.69) is 38.3 Å². The number of rotatable bonds is 5. The van der Waals surface area contributed by atoms with Crippen LogP contribution in [0.1, 0.15) is 58.3 Å². The van der Waals surface area contributed by atoms with Gasteiger partial charge in [-0.3, -0.25) is 0 Å². The highest BCUT2D eigenvalue weighted by Crippen LogP contribution is 2.35. The van der Waals surface area contributed by atoms with Crippen LogP contribution in [0, 0.1) is 29.1 Å². The molecular formula is C23H32N3O2+. The summed E-state index contributed by atoms with van der Waals surface area (Å²) in [7, 11) is 2.01. The topological polar surface area (TPSA) is 58.9 Å². The van der Waals surface area contributed by atoms with Crippen LogP contribution in [0.25, 0.3) is 11.0 Å². The van der Waals surface area contributed by atoms with Gasteiger partial charge in [-0.25, -0.2) is 13.9 Å². The number of fused-ring (bicyclic) bond motifs is 1. The summed E-state index contributed by atoms with van der Waals surface area (Å²) >= 11 is 0. The summed E-state index contributed by atoms with van der Waals surface area (Å²) < 4.78 is 10.1. The third kappa shape index (κ3) is 3.92. The quantitative estimate of drug-likeness (QED) is 0.582. The van der Waals surface area contributed by atoms with Crippen molar-refractivity contribution in [3.63, 3.8) is 0 Å². The van der Waals surface area contributed by atoms with Gasteiger partial charge in [-0.15, -0.1) is 0 Å². The maximum absolute atomic E-state index is 12.9. The fourth-order valence-corrected chi connectivity index (χ4v) is 4.74. The summed E-state index contributed by atoms with van der Waals surface area (Å²) in [6.07, 6.45) is 4.10. The Morgan fingerprint density at radius 1 is 1.39 bits per heavy atom. The molecule has 0 amide bonds. The van der Waals surface area contributed by atoms with Crippen LogP contribution in [-0.4, -0.2) is 16.6 Å². The van der Waals surface area contributed by atoms with Crippen LogP contribution >= 0.6 is 0 Å². The highest BCUT2D eigenvalue weighted by Gasteiger charge is 2.34. The molecule has 1 aromatic heterocycles. The molecule has 2 aromatic rings. The Labute approximate surface area is 167 Å². The molecule has 1 aliphatic carbocycles. The molecule has 0 spiro atoms. The number of ether oxygens (including phenoxy) is 1. The third-order valence-corrected chi connectivity index (χ3v) is 6.30. The van der Waals surface area contributed by atoms with Crippen LogP contribution in [0.4, 0.5) is 0 Å². The van der Waals surface area contributed by atoms with Crippen molar-refractivity contribution >= 4 is 17.0 Å². The summed E-state index contributed by atoms with van der Waals surface area (Å²) in [4.78, 5) is 12.9. The molecule has 1 fully saturated rings. The minimum absolute atomic E-state index is 0.00609. The lowest BCUT2D eigenvalue weighted by atomic mass is 9.75. The lowest BCUT2D eigenvalue weighted by Gasteiger charge is -2.36. The van der Waals surface area contributed by atoms with Crippen molar-refractivity contribution in [3.05, 3.63) is 29.6 Å². The van der Waals surface area contributed by atoms with Gasteiger partial charge in [0.25, 0.3) is 5.82 Å². The number of nitrogens with zero attached hydrogens (tertiary/aromatic N) is 3. The van der Waals surface area contributed by atoms with E-state index in [0.29, 0.717) is 23.3 Å².